The third-order valence-corrected chi connectivity index (χ3v) is 15.2. The first-order valence-corrected chi connectivity index (χ1v) is 16.0. The first-order valence-electron chi connectivity index (χ1n) is 12.6. The fourth-order valence-electron chi connectivity index (χ4n) is 5.10. The number of carbonyl (C=O) groups is 1. The van der Waals surface area contributed by atoms with Gasteiger partial charge in [0.05, 0.1) is 12.0 Å². The molecule has 1 aliphatic heterocycles. The lowest BCUT2D eigenvalue weighted by molar-refractivity contribution is 0.0589. The van der Waals surface area contributed by atoms with Crippen molar-refractivity contribution >= 4 is 40.6 Å². The largest absolute Gasteiger partial charge is 0.464 e. The lowest BCUT2D eigenvalue weighted by Gasteiger charge is -2.40. The summed E-state index contributed by atoms with van der Waals surface area (Å²) < 4.78 is 31.2. The van der Waals surface area contributed by atoms with E-state index in [0.717, 1.165) is 10.4 Å². The number of aromatic nitrogens is 1. The van der Waals surface area contributed by atoms with E-state index in [-0.39, 0.29) is 17.0 Å². The van der Waals surface area contributed by atoms with Gasteiger partial charge >= 0.3 is 5.97 Å². The molecule has 1 unspecified atom stereocenters. The first kappa shape index (κ1) is 27.1. The highest BCUT2D eigenvalue weighted by Gasteiger charge is 2.51. The van der Waals surface area contributed by atoms with Crippen LogP contribution < -0.4 is 15.1 Å². The van der Waals surface area contributed by atoms with E-state index in [9.17, 15) is 4.79 Å². The van der Waals surface area contributed by atoms with Gasteiger partial charge in [0.1, 0.15) is 15.6 Å². The van der Waals surface area contributed by atoms with Crippen LogP contribution in [0.2, 0.25) is 5.04 Å². The zero-order valence-corrected chi connectivity index (χ0v) is 24.5. The van der Waals surface area contributed by atoms with E-state index in [0.29, 0.717) is 16.2 Å². The van der Waals surface area contributed by atoms with Crippen LogP contribution in [-0.2, 0) is 21.7 Å². The molecule has 37 heavy (non-hydrogen) atoms. The quantitative estimate of drug-likeness (QED) is 0.378. The highest BCUT2D eigenvalue weighted by atomic mass is 32.2. The molecule has 2 aromatic carbocycles. The van der Waals surface area contributed by atoms with Crippen LogP contribution >= 0.6 is 0 Å². The molecule has 0 radical (unpaired) electrons. The molecule has 0 fully saturated rings. The zero-order chi connectivity index (χ0) is 27.0. The second-order valence-corrected chi connectivity index (χ2v) is 17.4. The number of nitrogens with zero attached hydrogens (tertiary/aromatic N) is 2. The van der Waals surface area contributed by atoms with Crippen molar-refractivity contribution in [3.05, 3.63) is 84.2 Å². The van der Waals surface area contributed by atoms with Gasteiger partial charge in [0.2, 0.25) is 0 Å². The van der Waals surface area contributed by atoms with E-state index in [1.807, 2.05) is 48.6 Å². The Hall–Kier alpha value is -2.94. The maximum Gasteiger partial charge on any atom is 0.355 e. The summed E-state index contributed by atoms with van der Waals surface area (Å²) in [5.41, 5.74) is 0.960. The Morgan fingerprint density at radius 1 is 1.05 bits per heavy atom. The standard InChI is InChI=1S/C29H37N3O3SSi/c1-21(2)25-19-18-24-26(20-32(6)27(24)28(33)35-7)36(34,30-25)31-37(29(3,4)5,22-14-10-8-11-15-22)23-16-12-9-13-17-23/h8-21,25H,1-7H3,(H,30,31,34)/t25-,36?/m1/s1. The number of methoxy groups -OCH3 is 1. The highest BCUT2D eigenvalue weighted by molar-refractivity contribution is 7.92. The van der Waals surface area contributed by atoms with Crippen LogP contribution in [-0.4, -0.2) is 36.1 Å². The molecule has 2 heterocycles. The average Bonchev–Trinajstić information content (AvgIpc) is 3.14. The van der Waals surface area contributed by atoms with Crippen LogP contribution in [0.5, 0.6) is 0 Å². The Morgan fingerprint density at radius 3 is 2.05 bits per heavy atom. The number of carbonyl (C=O) groups excluding carboxylic acids is 1. The SMILES string of the molecule is COC(=O)c1c2c(cn1C)S(=O)(=N[Si](c1ccccc1)(c1ccccc1)C(C)(C)C)N[C@@H](C(C)C)C=C2. The van der Waals surface area contributed by atoms with Gasteiger partial charge in [-0.15, -0.1) is 0 Å². The number of aryl methyl sites for hydroxylation is 1. The molecule has 2 atom stereocenters. The number of hydrogen-bond donors (Lipinski definition) is 1. The minimum absolute atomic E-state index is 0.158. The van der Waals surface area contributed by atoms with Crippen molar-refractivity contribution in [3.8, 4) is 0 Å². The molecule has 6 nitrogen and oxygen atoms in total. The van der Waals surface area contributed by atoms with Crippen molar-refractivity contribution in [2.45, 2.75) is 50.6 Å². The van der Waals surface area contributed by atoms with Crippen molar-refractivity contribution in [1.82, 2.24) is 9.29 Å². The summed E-state index contributed by atoms with van der Waals surface area (Å²) in [5, 5.41) is 1.85. The number of benzene rings is 2. The second-order valence-electron chi connectivity index (χ2n) is 10.9. The fourth-order valence-corrected chi connectivity index (χ4v) is 14.2. The van der Waals surface area contributed by atoms with Gasteiger partial charge in [0, 0.05) is 24.8 Å². The Kier molecular flexibility index (Phi) is 7.38. The number of esters is 1. The highest BCUT2D eigenvalue weighted by Crippen LogP contribution is 2.39. The summed E-state index contributed by atoms with van der Waals surface area (Å²) >= 11 is 0. The van der Waals surface area contributed by atoms with Crippen molar-refractivity contribution < 1.29 is 13.7 Å². The number of hydrogen-bond acceptors (Lipinski definition) is 4. The third kappa shape index (κ3) is 4.74. The molecule has 1 aromatic heterocycles. The molecular weight excluding hydrogens is 498 g/mol. The van der Waals surface area contributed by atoms with Gasteiger partial charge in [-0.3, -0.25) is 0 Å². The molecular formula is C29H37N3O3SSi. The van der Waals surface area contributed by atoms with Crippen LogP contribution in [0.15, 0.2) is 81.9 Å². The minimum atomic E-state index is -3.22. The van der Waals surface area contributed by atoms with E-state index in [4.69, 9.17) is 8.77 Å². The third-order valence-electron chi connectivity index (χ3n) is 7.08. The van der Waals surface area contributed by atoms with E-state index < -0.39 is 24.1 Å². The molecule has 196 valence electrons. The van der Waals surface area contributed by atoms with Crippen LogP contribution in [0, 0.1) is 5.92 Å². The van der Waals surface area contributed by atoms with Crippen LogP contribution in [0.1, 0.15) is 50.7 Å². The van der Waals surface area contributed by atoms with E-state index in [2.05, 4.69) is 63.6 Å². The van der Waals surface area contributed by atoms with Gasteiger partial charge in [-0.1, -0.05) is 107 Å². The lowest BCUT2D eigenvalue weighted by Crippen LogP contribution is -2.64. The summed E-state index contributed by atoms with van der Waals surface area (Å²) in [5.74, 6) is -0.311. The van der Waals surface area contributed by atoms with Gasteiger partial charge < -0.3 is 9.30 Å². The molecule has 0 saturated carbocycles. The topological polar surface area (TPSA) is 72.7 Å². The first-order chi connectivity index (χ1) is 17.4. The summed E-state index contributed by atoms with van der Waals surface area (Å²) in [4.78, 5) is 13.3. The monoisotopic (exact) mass is 535 g/mol. The molecule has 0 aliphatic carbocycles. The van der Waals surface area contributed by atoms with Gasteiger partial charge in [0.25, 0.3) is 8.24 Å². The Labute approximate surface area is 222 Å². The maximum absolute atomic E-state index is 15.4. The Morgan fingerprint density at radius 2 is 1.59 bits per heavy atom. The van der Waals surface area contributed by atoms with Crippen LogP contribution in [0.3, 0.4) is 0 Å². The van der Waals surface area contributed by atoms with Crippen molar-refractivity contribution in [1.29, 1.82) is 0 Å². The van der Waals surface area contributed by atoms with Gasteiger partial charge in [-0.2, -0.15) is 0 Å². The lowest BCUT2D eigenvalue weighted by atomic mass is 10.0. The number of nitrogens with one attached hydrogen (secondary N) is 1. The van der Waals surface area contributed by atoms with Crippen LogP contribution in [0.4, 0.5) is 0 Å². The number of ether oxygens (including phenoxy) is 1. The second kappa shape index (κ2) is 10.1. The fraction of sp³-hybridized carbons (Fsp3) is 0.345. The Bertz CT molecular complexity index is 1390. The molecule has 3 aromatic rings. The molecule has 4 rings (SSSR count). The minimum Gasteiger partial charge on any atom is -0.464 e. The zero-order valence-electron chi connectivity index (χ0n) is 22.7. The maximum atomic E-state index is 15.4. The summed E-state index contributed by atoms with van der Waals surface area (Å²) in [7, 11) is -3.15. The van der Waals surface area contributed by atoms with E-state index >= 15 is 4.21 Å². The van der Waals surface area contributed by atoms with E-state index in [1.54, 1.807) is 17.8 Å². The summed E-state index contributed by atoms with van der Waals surface area (Å²) in [6.07, 6.45) is 5.65. The predicted molar refractivity (Wildman–Crippen MR) is 154 cm³/mol. The molecule has 0 amide bonds. The smallest absolute Gasteiger partial charge is 0.355 e. The normalized spacial score (nSPS) is 19.8. The summed E-state index contributed by atoms with van der Waals surface area (Å²) in [6.45, 7) is 10.7. The number of fused-ring (bicyclic) bond motifs is 1. The van der Waals surface area contributed by atoms with Crippen molar-refractivity contribution in [2.24, 2.45) is 17.0 Å². The van der Waals surface area contributed by atoms with Crippen molar-refractivity contribution in [2.75, 3.05) is 7.11 Å². The molecule has 0 saturated heterocycles. The predicted octanol–water partition coefficient (Wildman–Crippen LogP) is 4.75. The summed E-state index contributed by atoms with van der Waals surface area (Å²) in [6, 6.07) is 20.3. The van der Waals surface area contributed by atoms with E-state index in [1.165, 1.54) is 7.11 Å². The van der Waals surface area contributed by atoms with Gasteiger partial charge in [-0.05, 0) is 21.3 Å². The number of rotatable bonds is 5. The average molecular weight is 536 g/mol. The van der Waals surface area contributed by atoms with Crippen LogP contribution in [0.25, 0.3) is 6.08 Å². The molecule has 0 bridgehead atoms. The molecule has 0 spiro atoms. The van der Waals surface area contributed by atoms with Crippen molar-refractivity contribution in [3.63, 3.8) is 0 Å². The Balaban J connectivity index is 2.17. The molecule has 1 N–H and O–H groups in total. The molecule has 1 aliphatic rings. The van der Waals surface area contributed by atoms with Gasteiger partial charge in [0.15, 0.2) is 0 Å². The van der Waals surface area contributed by atoms with Gasteiger partial charge in [-0.25, -0.2) is 17.8 Å². The molecule has 8 heteroatoms.